The number of aromatic nitrogens is 4. The van der Waals surface area contributed by atoms with Gasteiger partial charge in [0.25, 0.3) is 0 Å². The molecule has 1 saturated heterocycles. The zero-order valence-corrected chi connectivity index (χ0v) is 22.1. The van der Waals surface area contributed by atoms with E-state index in [9.17, 15) is 9.90 Å². The number of benzene rings is 1. The molecule has 0 saturated carbocycles. The molecule has 2 N–H and O–H groups in total. The van der Waals surface area contributed by atoms with Crippen LogP contribution in [0.2, 0.25) is 0 Å². The fourth-order valence-corrected chi connectivity index (χ4v) is 4.98. The Morgan fingerprint density at radius 1 is 1.26 bits per heavy atom. The van der Waals surface area contributed by atoms with Crippen LogP contribution in [0.4, 0.5) is 5.82 Å². The maximum Gasteiger partial charge on any atom is 0.204 e. The van der Waals surface area contributed by atoms with Crippen LogP contribution in [0.15, 0.2) is 18.2 Å². The zero-order chi connectivity index (χ0) is 24.2. The summed E-state index contributed by atoms with van der Waals surface area (Å²) >= 11 is 0. The first-order chi connectivity index (χ1) is 16.4. The lowest BCUT2D eigenvalue weighted by Gasteiger charge is -2.29. The van der Waals surface area contributed by atoms with Crippen LogP contribution in [0.25, 0.3) is 16.7 Å². The number of fused-ring (bicyclic) bond motifs is 3. The van der Waals surface area contributed by atoms with E-state index in [1.807, 2.05) is 29.5 Å². The van der Waals surface area contributed by atoms with Crippen molar-refractivity contribution in [1.82, 2.24) is 24.5 Å². The zero-order valence-electron chi connectivity index (χ0n) is 21.1. The summed E-state index contributed by atoms with van der Waals surface area (Å²) in [6.07, 6.45) is 3.79. The highest BCUT2D eigenvalue weighted by Crippen LogP contribution is 2.25. The molecule has 9 nitrogen and oxygen atoms in total. The van der Waals surface area contributed by atoms with E-state index in [1.165, 1.54) is 0 Å². The second-order valence-corrected chi connectivity index (χ2v) is 9.55. The maximum atomic E-state index is 12.9. The van der Waals surface area contributed by atoms with Crippen LogP contribution >= 0.6 is 13.5 Å². The molecule has 0 aliphatic carbocycles. The van der Waals surface area contributed by atoms with Crippen molar-refractivity contribution in [2.75, 3.05) is 32.1 Å². The van der Waals surface area contributed by atoms with Crippen LogP contribution in [0.5, 0.6) is 5.75 Å². The molecule has 1 aliphatic heterocycles. The normalized spacial score (nSPS) is 17.1. The van der Waals surface area contributed by atoms with Crippen LogP contribution in [0, 0.1) is 12.8 Å². The lowest BCUT2D eigenvalue weighted by atomic mass is 9.95. The number of ketones is 1. The molecule has 0 bridgehead atoms. The van der Waals surface area contributed by atoms with Gasteiger partial charge in [0.1, 0.15) is 17.4 Å². The molecule has 4 rings (SSSR count). The highest BCUT2D eigenvalue weighted by molar-refractivity contribution is 7.59. The second-order valence-electron chi connectivity index (χ2n) is 9.55. The number of nitrogens with zero attached hydrogens (tertiary/aromatic N) is 5. The summed E-state index contributed by atoms with van der Waals surface area (Å²) in [6, 6.07) is 5.71. The second kappa shape index (κ2) is 12.0. The maximum absolute atomic E-state index is 12.9. The summed E-state index contributed by atoms with van der Waals surface area (Å²) in [6.45, 7) is 8.27. The number of anilines is 1. The standard InChI is InChI=1S/C25H36N6O3.H2S/c1-16(2)23(30-13-11-18(32)15-30)22(33)8-6-5-7-12-26-24-25-29-28-17(3)31(25)21-10-9-19(34-4)14-20(21)27-24;/h9-10,14,16,18,23,32H,5-8,11-13,15H2,1-4H3,(H,26,27);1H2/t18?,23-;/m0./s1. The van der Waals surface area contributed by atoms with Crippen LogP contribution in [0.1, 0.15) is 51.8 Å². The van der Waals surface area contributed by atoms with Crippen molar-refractivity contribution in [2.24, 2.45) is 5.92 Å². The molecular weight excluding hydrogens is 464 g/mol. The van der Waals surface area contributed by atoms with Gasteiger partial charge in [-0.15, -0.1) is 10.2 Å². The van der Waals surface area contributed by atoms with Crippen LogP contribution in [-0.2, 0) is 4.79 Å². The molecule has 0 radical (unpaired) electrons. The molecule has 35 heavy (non-hydrogen) atoms. The molecule has 10 heteroatoms. The fourth-order valence-electron chi connectivity index (χ4n) is 4.98. The number of aliphatic hydroxyl groups excluding tert-OH is 1. The predicted molar refractivity (Wildman–Crippen MR) is 143 cm³/mol. The fraction of sp³-hybridized carbons (Fsp3) is 0.600. The molecule has 1 aromatic carbocycles. The Balaban J connectivity index is 0.00000342. The molecule has 1 fully saturated rings. The predicted octanol–water partition coefficient (Wildman–Crippen LogP) is 3.34. The van der Waals surface area contributed by atoms with Gasteiger partial charge in [0.05, 0.1) is 30.3 Å². The van der Waals surface area contributed by atoms with Crippen LogP contribution in [-0.4, -0.2) is 74.3 Å². The molecule has 3 aromatic rings. The van der Waals surface area contributed by atoms with E-state index in [2.05, 4.69) is 34.3 Å². The van der Waals surface area contributed by atoms with E-state index < -0.39 is 0 Å². The third-order valence-electron chi connectivity index (χ3n) is 6.63. The van der Waals surface area contributed by atoms with Crippen molar-refractivity contribution in [2.45, 2.75) is 65.0 Å². The number of rotatable bonds is 11. The monoisotopic (exact) mass is 502 g/mol. The van der Waals surface area contributed by atoms with E-state index in [0.29, 0.717) is 30.2 Å². The first-order valence-electron chi connectivity index (χ1n) is 12.3. The van der Waals surface area contributed by atoms with Gasteiger partial charge in [0.2, 0.25) is 5.65 Å². The lowest BCUT2D eigenvalue weighted by molar-refractivity contribution is -0.125. The van der Waals surface area contributed by atoms with Gasteiger partial charge in [-0.1, -0.05) is 20.3 Å². The van der Waals surface area contributed by atoms with Crippen molar-refractivity contribution < 1.29 is 14.6 Å². The number of aliphatic hydroxyl groups is 1. The van der Waals surface area contributed by atoms with Crippen molar-refractivity contribution in [3.05, 3.63) is 24.0 Å². The molecule has 0 spiro atoms. The number of ether oxygens (including phenoxy) is 1. The number of β-amino-alcohol motifs (C(OH)–C–C–N with tert-alkyl or cyclic N) is 1. The van der Waals surface area contributed by atoms with Crippen molar-refractivity contribution in [3.63, 3.8) is 0 Å². The molecular formula is C25H38N6O3S. The highest BCUT2D eigenvalue weighted by Gasteiger charge is 2.33. The number of unbranched alkanes of at least 4 members (excludes halogenated alkanes) is 2. The number of likely N-dealkylation sites (tertiary alicyclic amines) is 1. The van der Waals surface area contributed by atoms with E-state index in [0.717, 1.165) is 61.4 Å². The minimum atomic E-state index is -0.300. The van der Waals surface area contributed by atoms with E-state index in [4.69, 9.17) is 9.72 Å². The van der Waals surface area contributed by atoms with Crippen molar-refractivity contribution >= 4 is 41.8 Å². The van der Waals surface area contributed by atoms with Gasteiger partial charge < -0.3 is 15.2 Å². The van der Waals surface area contributed by atoms with Gasteiger partial charge in [-0.25, -0.2) is 4.98 Å². The number of aryl methyl sites for hydroxylation is 1. The van der Waals surface area contributed by atoms with Gasteiger partial charge in [-0.3, -0.25) is 14.1 Å². The van der Waals surface area contributed by atoms with Gasteiger partial charge in [0, 0.05) is 32.1 Å². The Labute approximate surface area is 213 Å². The molecule has 0 amide bonds. The van der Waals surface area contributed by atoms with E-state index in [1.54, 1.807) is 7.11 Å². The number of carbonyl (C=O) groups excluding carboxylic acids is 1. The highest BCUT2D eigenvalue weighted by atomic mass is 32.1. The van der Waals surface area contributed by atoms with Gasteiger partial charge in [-0.2, -0.15) is 13.5 Å². The Morgan fingerprint density at radius 2 is 2.06 bits per heavy atom. The first kappa shape index (κ1) is 27.2. The summed E-state index contributed by atoms with van der Waals surface area (Å²) in [5.74, 6) is 2.81. The molecule has 1 aliphatic rings. The molecule has 2 atom stereocenters. The minimum Gasteiger partial charge on any atom is -0.497 e. The Hall–Kier alpha value is -2.43. The average molecular weight is 503 g/mol. The summed E-state index contributed by atoms with van der Waals surface area (Å²) in [5, 5.41) is 21.8. The number of Topliss-reactive ketones (excluding diaryl/α,β-unsaturated/α-hetero) is 1. The quantitative estimate of drug-likeness (QED) is 0.385. The van der Waals surface area contributed by atoms with Crippen LogP contribution in [0.3, 0.4) is 0 Å². The molecule has 192 valence electrons. The Bertz CT molecular complexity index is 1150. The number of nitrogens with one attached hydrogen (secondary N) is 1. The van der Waals surface area contributed by atoms with Gasteiger partial charge in [0.15, 0.2) is 5.82 Å². The topological polar surface area (TPSA) is 105 Å². The summed E-state index contributed by atoms with van der Waals surface area (Å²) < 4.78 is 7.36. The summed E-state index contributed by atoms with van der Waals surface area (Å²) in [7, 11) is 1.64. The van der Waals surface area contributed by atoms with Crippen molar-refractivity contribution in [1.29, 1.82) is 0 Å². The minimum absolute atomic E-state index is 0. The van der Waals surface area contributed by atoms with E-state index in [-0.39, 0.29) is 31.6 Å². The smallest absolute Gasteiger partial charge is 0.204 e. The average Bonchev–Trinajstić information content (AvgIpc) is 3.41. The number of hydrogen-bond donors (Lipinski definition) is 2. The lowest BCUT2D eigenvalue weighted by Crippen LogP contribution is -2.43. The van der Waals surface area contributed by atoms with Gasteiger partial charge in [-0.05, 0) is 44.2 Å². The molecule has 2 aromatic heterocycles. The molecule has 3 heterocycles. The third kappa shape index (κ3) is 6.05. The summed E-state index contributed by atoms with van der Waals surface area (Å²) in [4.78, 5) is 19.8. The SMILES string of the molecule is COc1ccc2c(c1)nc(NCCCCCC(=O)[C@H](C(C)C)N1CCC(O)C1)c1nnc(C)n12.S. The van der Waals surface area contributed by atoms with Crippen molar-refractivity contribution in [3.8, 4) is 5.75 Å². The Morgan fingerprint density at radius 3 is 2.74 bits per heavy atom. The van der Waals surface area contributed by atoms with Crippen LogP contribution < -0.4 is 10.1 Å². The number of carbonyl (C=O) groups is 1. The number of hydrogen-bond acceptors (Lipinski definition) is 8. The third-order valence-corrected chi connectivity index (χ3v) is 6.63. The number of methoxy groups -OCH3 is 1. The summed E-state index contributed by atoms with van der Waals surface area (Å²) in [5.41, 5.74) is 2.46. The van der Waals surface area contributed by atoms with Gasteiger partial charge >= 0.3 is 0 Å². The molecule has 1 unspecified atom stereocenters. The Kier molecular flexibility index (Phi) is 9.32. The van der Waals surface area contributed by atoms with E-state index >= 15 is 0 Å². The first-order valence-corrected chi connectivity index (χ1v) is 12.3. The largest absolute Gasteiger partial charge is 0.497 e.